The summed E-state index contributed by atoms with van der Waals surface area (Å²) in [6, 6.07) is 3.75. The molecule has 7 nitrogen and oxygen atoms in total. The summed E-state index contributed by atoms with van der Waals surface area (Å²) >= 11 is 0. The average molecular weight is 342 g/mol. The summed E-state index contributed by atoms with van der Waals surface area (Å²) in [7, 11) is 0. The summed E-state index contributed by atoms with van der Waals surface area (Å²) in [4.78, 5) is 25.6. The predicted molar refractivity (Wildman–Crippen MR) is 91.2 cm³/mol. The molecule has 2 aliphatic heterocycles. The quantitative estimate of drug-likeness (QED) is 0.837. The van der Waals surface area contributed by atoms with Crippen LogP contribution in [0.15, 0.2) is 29.1 Å². The van der Waals surface area contributed by atoms with Gasteiger partial charge in [0.15, 0.2) is 0 Å². The zero-order chi connectivity index (χ0) is 17.1. The molecule has 0 saturated carbocycles. The highest BCUT2D eigenvalue weighted by Crippen LogP contribution is 2.26. The maximum absolute atomic E-state index is 12.5. The third-order valence-corrected chi connectivity index (χ3v) is 4.81. The van der Waals surface area contributed by atoms with Crippen LogP contribution in [0.25, 0.3) is 0 Å². The van der Waals surface area contributed by atoms with Crippen LogP contribution >= 0.6 is 0 Å². The SMILES string of the molecule is O=C(CCc1ccco1)N1CCc2c(ncnc2N2CCOCC2)C1. The Morgan fingerprint density at radius 1 is 1.20 bits per heavy atom. The second-order valence-corrected chi connectivity index (χ2v) is 6.37. The van der Waals surface area contributed by atoms with Gasteiger partial charge in [0, 0.05) is 38.0 Å². The van der Waals surface area contributed by atoms with Gasteiger partial charge in [-0.05, 0) is 18.6 Å². The Labute approximate surface area is 146 Å². The number of aromatic nitrogens is 2. The molecule has 25 heavy (non-hydrogen) atoms. The normalized spacial score (nSPS) is 17.4. The number of nitrogens with zero attached hydrogens (tertiary/aromatic N) is 4. The van der Waals surface area contributed by atoms with Crippen molar-refractivity contribution in [2.24, 2.45) is 0 Å². The third kappa shape index (κ3) is 3.51. The van der Waals surface area contributed by atoms with Gasteiger partial charge >= 0.3 is 0 Å². The van der Waals surface area contributed by atoms with Crippen molar-refractivity contribution in [3.8, 4) is 0 Å². The number of hydrogen-bond donors (Lipinski definition) is 0. The molecule has 0 aliphatic carbocycles. The molecule has 1 amide bonds. The first kappa shape index (κ1) is 16.1. The Balaban J connectivity index is 1.43. The monoisotopic (exact) mass is 342 g/mol. The van der Waals surface area contributed by atoms with Gasteiger partial charge in [0.1, 0.15) is 17.9 Å². The second kappa shape index (κ2) is 7.23. The standard InChI is InChI=1S/C18H22N4O3/c23-17(4-3-14-2-1-9-25-14)22-6-5-15-16(12-22)19-13-20-18(15)21-7-10-24-11-8-21/h1-2,9,13H,3-8,10-12H2. The van der Waals surface area contributed by atoms with E-state index in [0.717, 1.165) is 50.0 Å². The fourth-order valence-corrected chi connectivity index (χ4v) is 3.44. The minimum Gasteiger partial charge on any atom is -0.469 e. The number of rotatable bonds is 4. The predicted octanol–water partition coefficient (Wildman–Crippen LogP) is 1.42. The van der Waals surface area contributed by atoms with Crippen LogP contribution in [-0.4, -0.2) is 53.6 Å². The third-order valence-electron chi connectivity index (χ3n) is 4.81. The second-order valence-electron chi connectivity index (χ2n) is 6.37. The largest absolute Gasteiger partial charge is 0.469 e. The van der Waals surface area contributed by atoms with Crippen molar-refractivity contribution in [2.45, 2.75) is 25.8 Å². The van der Waals surface area contributed by atoms with E-state index in [2.05, 4.69) is 14.9 Å². The number of carbonyl (C=O) groups is 1. The number of hydrogen-bond acceptors (Lipinski definition) is 6. The minimum atomic E-state index is 0.147. The molecule has 1 fully saturated rings. The fraction of sp³-hybridized carbons (Fsp3) is 0.500. The molecule has 0 spiro atoms. The smallest absolute Gasteiger partial charge is 0.223 e. The van der Waals surface area contributed by atoms with Crippen molar-refractivity contribution in [3.63, 3.8) is 0 Å². The highest BCUT2D eigenvalue weighted by atomic mass is 16.5. The molecule has 2 aromatic heterocycles. The molecular formula is C18H22N4O3. The first-order chi connectivity index (χ1) is 12.3. The lowest BCUT2D eigenvalue weighted by Crippen LogP contribution is -2.40. The number of morpholine rings is 1. The lowest BCUT2D eigenvalue weighted by Gasteiger charge is -2.33. The lowest BCUT2D eigenvalue weighted by atomic mass is 10.0. The molecule has 4 heterocycles. The Bertz CT molecular complexity index is 726. The number of amides is 1. The molecule has 0 unspecified atom stereocenters. The van der Waals surface area contributed by atoms with E-state index < -0.39 is 0 Å². The van der Waals surface area contributed by atoms with Gasteiger partial charge in [-0.2, -0.15) is 0 Å². The summed E-state index contributed by atoms with van der Waals surface area (Å²) in [5, 5.41) is 0. The summed E-state index contributed by atoms with van der Waals surface area (Å²) in [6.07, 6.45) is 5.15. The molecule has 1 saturated heterocycles. The Kier molecular flexibility index (Phi) is 4.65. The van der Waals surface area contributed by atoms with Crippen LogP contribution in [0.4, 0.5) is 5.82 Å². The summed E-state index contributed by atoms with van der Waals surface area (Å²) < 4.78 is 10.7. The molecule has 4 rings (SSSR count). The Hall–Kier alpha value is -2.41. The highest BCUT2D eigenvalue weighted by molar-refractivity contribution is 5.76. The maximum atomic E-state index is 12.5. The van der Waals surface area contributed by atoms with Crippen LogP contribution in [-0.2, 0) is 28.9 Å². The molecule has 2 aliphatic rings. The number of fused-ring (bicyclic) bond motifs is 1. The van der Waals surface area contributed by atoms with Crippen molar-refractivity contribution < 1.29 is 13.9 Å². The lowest BCUT2D eigenvalue weighted by molar-refractivity contribution is -0.132. The summed E-state index contributed by atoms with van der Waals surface area (Å²) in [5.41, 5.74) is 2.15. The molecule has 0 atom stereocenters. The Morgan fingerprint density at radius 2 is 2.08 bits per heavy atom. The average Bonchev–Trinajstić information content (AvgIpc) is 3.19. The van der Waals surface area contributed by atoms with E-state index in [0.29, 0.717) is 25.9 Å². The van der Waals surface area contributed by atoms with Gasteiger partial charge in [0.2, 0.25) is 5.91 Å². The van der Waals surface area contributed by atoms with Gasteiger partial charge < -0.3 is 19.0 Å². The zero-order valence-electron chi connectivity index (χ0n) is 14.2. The van der Waals surface area contributed by atoms with Crippen LogP contribution in [0.1, 0.15) is 23.4 Å². The first-order valence-electron chi connectivity index (χ1n) is 8.77. The minimum absolute atomic E-state index is 0.147. The van der Waals surface area contributed by atoms with Gasteiger partial charge in [-0.1, -0.05) is 0 Å². The number of aryl methyl sites for hydroxylation is 1. The van der Waals surface area contributed by atoms with E-state index in [1.165, 1.54) is 5.56 Å². The molecule has 0 N–H and O–H groups in total. The highest BCUT2D eigenvalue weighted by Gasteiger charge is 2.26. The van der Waals surface area contributed by atoms with Gasteiger partial charge in [-0.25, -0.2) is 9.97 Å². The van der Waals surface area contributed by atoms with Crippen LogP contribution in [0, 0.1) is 0 Å². The number of ether oxygens (including phenoxy) is 1. The van der Waals surface area contributed by atoms with E-state index in [9.17, 15) is 4.79 Å². The fourth-order valence-electron chi connectivity index (χ4n) is 3.44. The van der Waals surface area contributed by atoms with E-state index >= 15 is 0 Å². The van der Waals surface area contributed by atoms with E-state index in [1.807, 2.05) is 17.0 Å². The van der Waals surface area contributed by atoms with Gasteiger partial charge in [-0.3, -0.25) is 4.79 Å². The van der Waals surface area contributed by atoms with Crippen molar-refractivity contribution in [1.29, 1.82) is 0 Å². The molecule has 2 aromatic rings. The number of furan rings is 1. The van der Waals surface area contributed by atoms with Crippen LogP contribution in [0.2, 0.25) is 0 Å². The topological polar surface area (TPSA) is 71.7 Å². The van der Waals surface area contributed by atoms with Crippen molar-refractivity contribution in [1.82, 2.24) is 14.9 Å². The van der Waals surface area contributed by atoms with E-state index in [4.69, 9.17) is 9.15 Å². The molecule has 132 valence electrons. The van der Waals surface area contributed by atoms with Gasteiger partial charge in [0.05, 0.1) is 31.7 Å². The first-order valence-corrected chi connectivity index (χ1v) is 8.77. The maximum Gasteiger partial charge on any atom is 0.223 e. The number of carbonyl (C=O) groups excluding carboxylic acids is 1. The zero-order valence-corrected chi connectivity index (χ0v) is 14.2. The van der Waals surface area contributed by atoms with Crippen LogP contribution in [0.5, 0.6) is 0 Å². The van der Waals surface area contributed by atoms with Crippen LogP contribution < -0.4 is 4.90 Å². The summed E-state index contributed by atoms with van der Waals surface area (Å²) in [5.74, 6) is 2.01. The van der Waals surface area contributed by atoms with Crippen molar-refractivity contribution >= 4 is 11.7 Å². The Morgan fingerprint density at radius 3 is 2.88 bits per heavy atom. The number of anilines is 1. The molecule has 7 heteroatoms. The van der Waals surface area contributed by atoms with E-state index in [1.54, 1.807) is 12.6 Å². The van der Waals surface area contributed by atoms with Gasteiger partial charge in [-0.15, -0.1) is 0 Å². The van der Waals surface area contributed by atoms with E-state index in [-0.39, 0.29) is 5.91 Å². The molecule has 0 bridgehead atoms. The summed E-state index contributed by atoms with van der Waals surface area (Å²) in [6.45, 7) is 4.46. The van der Waals surface area contributed by atoms with Crippen molar-refractivity contribution in [3.05, 3.63) is 41.7 Å². The molecular weight excluding hydrogens is 320 g/mol. The van der Waals surface area contributed by atoms with Crippen molar-refractivity contribution in [2.75, 3.05) is 37.7 Å². The molecule has 0 radical (unpaired) electrons. The van der Waals surface area contributed by atoms with Gasteiger partial charge in [0.25, 0.3) is 0 Å². The molecule has 0 aromatic carbocycles. The van der Waals surface area contributed by atoms with Crippen LogP contribution in [0.3, 0.4) is 0 Å².